The van der Waals surface area contributed by atoms with Gasteiger partial charge in [0.1, 0.15) is 11.3 Å². The summed E-state index contributed by atoms with van der Waals surface area (Å²) in [6.45, 7) is 3.48. The van der Waals surface area contributed by atoms with Crippen molar-refractivity contribution in [1.29, 1.82) is 0 Å². The van der Waals surface area contributed by atoms with E-state index in [9.17, 15) is 14.4 Å². The Balaban J connectivity index is 1.88. The molecule has 0 saturated carbocycles. The molecule has 7 heteroatoms. The summed E-state index contributed by atoms with van der Waals surface area (Å²) in [5, 5.41) is 4.71. The van der Waals surface area contributed by atoms with Crippen molar-refractivity contribution in [2.75, 3.05) is 7.11 Å². The maximum absolute atomic E-state index is 12.3. The lowest BCUT2D eigenvalue weighted by molar-refractivity contribution is -0.127. The number of carbonyl (C=O) groups excluding carboxylic acids is 3. The maximum Gasteiger partial charge on any atom is 0.342 e. The Morgan fingerprint density at radius 3 is 2.44 bits per heavy atom. The fourth-order valence-corrected chi connectivity index (χ4v) is 2.29. The largest absolute Gasteiger partial charge is 0.496 e. The monoisotopic (exact) mass is 370 g/mol. The molecular weight excluding hydrogens is 348 g/mol. The lowest BCUT2D eigenvalue weighted by Crippen LogP contribution is -2.44. The van der Waals surface area contributed by atoms with Crippen LogP contribution in [0.3, 0.4) is 0 Å². The van der Waals surface area contributed by atoms with Crippen molar-refractivity contribution >= 4 is 17.9 Å². The van der Waals surface area contributed by atoms with E-state index in [-0.39, 0.29) is 12.1 Å². The van der Waals surface area contributed by atoms with Crippen molar-refractivity contribution < 1.29 is 23.9 Å². The number of aryl methyl sites for hydroxylation is 1. The number of esters is 1. The van der Waals surface area contributed by atoms with Crippen LogP contribution in [-0.2, 0) is 16.1 Å². The van der Waals surface area contributed by atoms with Crippen LogP contribution >= 0.6 is 0 Å². The first-order valence-electron chi connectivity index (χ1n) is 8.39. The first kappa shape index (κ1) is 20.0. The third kappa shape index (κ3) is 5.85. The lowest BCUT2D eigenvalue weighted by Gasteiger charge is -2.15. The van der Waals surface area contributed by atoms with Crippen LogP contribution in [0.15, 0.2) is 48.5 Å². The maximum atomic E-state index is 12.3. The first-order chi connectivity index (χ1) is 12.9. The third-order valence-electron chi connectivity index (χ3n) is 3.76. The second-order valence-electron chi connectivity index (χ2n) is 5.91. The van der Waals surface area contributed by atoms with Gasteiger partial charge in [-0.2, -0.15) is 0 Å². The third-order valence-corrected chi connectivity index (χ3v) is 3.76. The van der Waals surface area contributed by atoms with Gasteiger partial charge in [-0.05, 0) is 31.5 Å². The smallest absolute Gasteiger partial charge is 0.342 e. The summed E-state index contributed by atoms with van der Waals surface area (Å²) in [7, 11) is 1.44. The number of methoxy groups -OCH3 is 1. The zero-order valence-corrected chi connectivity index (χ0v) is 15.4. The van der Waals surface area contributed by atoms with Crippen LogP contribution in [0.4, 0.5) is 4.79 Å². The molecule has 2 aromatic rings. The first-order valence-corrected chi connectivity index (χ1v) is 8.39. The summed E-state index contributed by atoms with van der Waals surface area (Å²) in [6, 6.07) is 13.6. The summed E-state index contributed by atoms with van der Waals surface area (Å²) >= 11 is 0. The van der Waals surface area contributed by atoms with Gasteiger partial charge >= 0.3 is 12.0 Å². The van der Waals surface area contributed by atoms with Gasteiger partial charge in [0, 0.05) is 6.54 Å². The average molecular weight is 370 g/mol. The number of imide groups is 1. The topological polar surface area (TPSA) is 93.7 Å². The molecule has 142 valence electrons. The Labute approximate surface area is 157 Å². The summed E-state index contributed by atoms with van der Waals surface area (Å²) in [5.41, 5.74) is 1.96. The number of nitrogens with one attached hydrogen (secondary N) is 2. The van der Waals surface area contributed by atoms with Crippen LogP contribution in [0.5, 0.6) is 5.75 Å². The van der Waals surface area contributed by atoms with E-state index in [2.05, 4.69) is 10.6 Å². The lowest BCUT2D eigenvalue weighted by atomic mass is 10.1. The second-order valence-corrected chi connectivity index (χ2v) is 5.91. The standard InChI is InChI=1S/C20H22N2O5/c1-13-9-10-17(26-3)16(11-13)19(24)27-14(2)18(23)22-20(25)21-12-15-7-5-4-6-8-15/h4-11,14H,12H2,1-3H3,(H2,21,22,23,25)/t14-/m1/s1. The highest BCUT2D eigenvalue weighted by atomic mass is 16.5. The Morgan fingerprint density at radius 1 is 1.07 bits per heavy atom. The highest BCUT2D eigenvalue weighted by molar-refractivity contribution is 5.99. The minimum absolute atomic E-state index is 0.214. The summed E-state index contributed by atoms with van der Waals surface area (Å²) in [5.74, 6) is -1.08. The minimum atomic E-state index is -1.15. The van der Waals surface area contributed by atoms with Gasteiger partial charge in [-0.25, -0.2) is 9.59 Å². The number of urea groups is 1. The van der Waals surface area contributed by atoms with Crippen molar-refractivity contribution in [2.24, 2.45) is 0 Å². The van der Waals surface area contributed by atoms with Crippen LogP contribution in [0.1, 0.15) is 28.4 Å². The van der Waals surface area contributed by atoms with E-state index in [1.54, 1.807) is 18.2 Å². The number of ether oxygens (including phenoxy) is 2. The molecule has 0 heterocycles. The van der Waals surface area contributed by atoms with Crippen molar-refractivity contribution in [3.63, 3.8) is 0 Å². The molecule has 0 radical (unpaired) electrons. The Kier molecular flexibility index (Phi) is 6.93. The molecule has 3 amide bonds. The van der Waals surface area contributed by atoms with E-state index >= 15 is 0 Å². The predicted octanol–water partition coefficient (Wildman–Crippen LogP) is 2.57. The Morgan fingerprint density at radius 2 is 1.78 bits per heavy atom. The predicted molar refractivity (Wildman–Crippen MR) is 99.4 cm³/mol. The molecule has 27 heavy (non-hydrogen) atoms. The van der Waals surface area contributed by atoms with E-state index in [4.69, 9.17) is 9.47 Å². The number of carbonyl (C=O) groups is 3. The van der Waals surface area contributed by atoms with E-state index in [1.165, 1.54) is 14.0 Å². The molecule has 0 aliphatic rings. The van der Waals surface area contributed by atoms with Crippen LogP contribution < -0.4 is 15.4 Å². The van der Waals surface area contributed by atoms with Gasteiger partial charge in [-0.15, -0.1) is 0 Å². The van der Waals surface area contributed by atoms with Gasteiger partial charge in [-0.3, -0.25) is 10.1 Å². The molecule has 0 saturated heterocycles. The van der Waals surface area contributed by atoms with Gasteiger partial charge in [0.15, 0.2) is 6.10 Å². The van der Waals surface area contributed by atoms with Crippen molar-refractivity contribution in [2.45, 2.75) is 26.5 Å². The fraction of sp³-hybridized carbons (Fsp3) is 0.250. The fourth-order valence-electron chi connectivity index (χ4n) is 2.29. The van der Waals surface area contributed by atoms with Crippen LogP contribution in [0, 0.1) is 6.92 Å². The van der Waals surface area contributed by atoms with Crippen LogP contribution in [-0.4, -0.2) is 31.1 Å². The van der Waals surface area contributed by atoms with E-state index in [1.807, 2.05) is 37.3 Å². The number of rotatable bonds is 6. The Hall–Kier alpha value is -3.35. The van der Waals surface area contributed by atoms with E-state index in [0.29, 0.717) is 5.75 Å². The summed E-state index contributed by atoms with van der Waals surface area (Å²) in [6.07, 6.45) is -1.15. The number of benzene rings is 2. The van der Waals surface area contributed by atoms with Crippen molar-refractivity contribution in [3.8, 4) is 5.75 Å². The normalized spacial score (nSPS) is 11.2. The van der Waals surface area contributed by atoms with Gasteiger partial charge < -0.3 is 14.8 Å². The molecule has 2 aromatic carbocycles. The Bertz CT molecular complexity index is 820. The SMILES string of the molecule is COc1ccc(C)cc1C(=O)O[C@H](C)C(=O)NC(=O)NCc1ccccc1. The quantitative estimate of drug-likeness (QED) is 0.762. The van der Waals surface area contributed by atoms with Gasteiger partial charge in [0.05, 0.1) is 7.11 Å². The molecule has 7 nitrogen and oxygen atoms in total. The zero-order valence-electron chi connectivity index (χ0n) is 15.4. The average Bonchev–Trinajstić information content (AvgIpc) is 2.67. The molecule has 2 rings (SSSR count). The molecule has 1 atom stereocenters. The van der Waals surface area contributed by atoms with Gasteiger partial charge in [0.2, 0.25) is 0 Å². The summed E-state index contributed by atoms with van der Waals surface area (Å²) in [4.78, 5) is 36.2. The molecule has 0 bridgehead atoms. The number of amides is 3. The summed E-state index contributed by atoms with van der Waals surface area (Å²) < 4.78 is 10.3. The minimum Gasteiger partial charge on any atom is -0.496 e. The van der Waals surface area contributed by atoms with Crippen LogP contribution in [0.2, 0.25) is 0 Å². The highest BCUT2D eigenvalue weighted by Gasteiger charge is 2.22. The molecule has 0 fully saturated rings. The molecular formula is C20H22N2O5. The van der Waals surface area contributed by atoms with Gasteiger partial charge in [0.25, 0.3) is 5.91 Å². The molecule has 0 spiro atoms. The molecule has 0 aromatic heterocycles. The number of hydrogen-bond donors (Lipinski definition) is 2. The van der Waals surface area contributed by atoms with Crippen molar-refractivity contribution in [3.05, 3.63) is 65.2 Å². The second kappa shape index (κ2) is 9.38. The van der Waals surface area contributed by atoms with Gasteiger partial charge in [-0.1, -0.05) is 42.0 Å². The van der Waals surface area contributed by atoms with Crippen molar-refractivity contribution in [1.82, 2.24) is 10.6 Å². The highest BCUT2D eigenvalue weighted by Crippen LogP contribution is 2.21. The molecule has 0 aliphatic heterocycles. The van der Waals surface area contributed by atoms with Crippen LogP contribution in [0.25, 0.3) is 0 Å². The zero-order chi connectivity index (χ0) is 19.8. The van der Waals surface area contributed by atoms with E-state index in [0.717, 1.165) is 11.1 Å². The number of hydrogen-bond acceptors (Lipinski definition) is 5. The van der Waals surface area contributed by atoms with E-state index < -0.39 is 24.0 Å². The molecule has 2 N–H and O–H groups in total. The molecule has 0 aliphatic carbocycles. The molecule has 0 unspecified atom stereocenters.